The molecule has 1 heterocycles. The summed E-state index contributed by atoms with van der Waals surface area (Å²) in [6, 6.07) is 10.1. The second kappa shape index (κ2) is 4.49. The molecule has 0 spiro atoms. The number of hydrogen-bond donors (Lipinski definition) is 1. The van der Waals surface area contributed by atoms with E-state index in [1.54, 1.807) is 0 Å². The van der Waals surface area contributed by atoms with Crippen LogP contribution in [0.15, 0.2) is 42.7 Å². The molecule has 1 aromatic heterocycles. The van der Waals surface area contributed by atoms with Crippen molar-refractivity contribution in [3.05, 3.63) is 48.3 Å². The van der Waals surface area contributed by atoms with Gasteiger partial charge in [-0.3, -0.25) is 0 Å². The summed E-state index contributed by atoms with van der Waals surface area (Å²) >= 11 is 0. The zero-order valence-electron chi connectivity index (χ0n) is 11.5. The predicted molar refractivity (Wildman–Crippen MR) is 75.3 cm³/mol. The Bertz CT molecular complexity index is 563. The molecule has 3 unspecified atom stereocenters. The Hall–Kier alpha value is -1.61. The summed E-state index contributed by atoms with van der Waals surface area (Å²) in [6.45, 7) is 4.32. The minimum Gasteiger partial charge on any atom is -0.393 e. The number of para-hydroxylation sites is 1. The van der Waals surface area contributed by atoms with E-state index in [-0.39, 0.29) is 11.5 Å². The van der Waals surface area contributed by atoms with Crippen LogP contribution in [-0.2, 0) is 0 Å². The van der Waals surface area contributed by atoms with E-state index in [0.717, 1.165) is 18.5 Å². The fourth-order valence-electron chi connectivity index (χ4n) is 3.07. The molecule has 1 aliphatic carbocycles. The lowest BCUT2D eigenvalue weighted by Crippen LogP contribution is -2.49. The summed E-state index contributed by atoms with van der Waals surface area (Å²) in [5, 5.41) is 14.4. The molecule has 1 N–H and O–H groups in total. The van der Waals surface area contributed by atoms with E-state index >= 15 is 0 Å². The molecule has 3 nitrogen and oxygen atoms in total. The fourth-order valence-corrected chi connectivity index (χ4v) is 3.07. The summed E-state index contributed by atoms with van der Waals surface area (Å²) in [5.41, 5.74) is 2.32. The summed E-state index contributed by atoms with van der Waals surface area (Å²) < 4.78 is 1.91. The molecular weight excluding hydrogens is 236 g/mol. The Balaban J connectivity index is 1.87. The van der Waals surface area contributed by atoms with Crippen molar-refractivity contribution in [3.63, 3.8) is 0 Å². The molecule has 0 aliphatic heterocycles. The number of aliphatic hydroxyl groups excluding tert-OH is 1. The van der Waals surface area contributed by atoms with Gasteiger partial charge in [0.2, 0.25) is 0 Å². The van der Waals surface area contributed by atoms with Crippen molar-refractivity contribution in [2.45, 2.75) is 38.7 Å². The molecule has 3 atom stereocenters. The van der Waals surface area contributed by atoms with Crippen molar-refractivity contribution < 1.29 is 5.11 Å². The quantitative estimate of drug-likeness (QED) is 0.916. The molecule has 1 fully saturated rings. The van der Waals surface area contributed by atoms with Crippen molar-refractivity contribution in [1.82, 2.24) is 9.78 Å². The highest BCUT2D eigenvalue weighted by Crippen LogP contribution is 2.54. The molecule has 0 bridgehead atoms. The van der Waals surface area contributed by atoms with E-state index in [2.05, 4.69) is 25.1 Å². The Kier molecular flexibility index (Phi) is 2.94. The number of benzene rings is 1. The van der Waals surface area contributed by atoms with Crippen molar-refractivity contribution >= 4 is 0 Å². The van der Waals surface area contributed by atoms with Crippen LogP contribution < -0.4 is 0 Å². The van der Waals surface area contributed by atoms with Crippen LogP contribution in [0.25, 0.3) is 5.69 Å². The molecule has 3 rings (SSSR count). The number of aliphatic hydroxyl groups is 1. The SMILES string of the molecule is CCC1(C)C(O)CC1c1cnn(-c2ccccc2)c1. The van der Waals surface area contributed by atoms with Crippen LogP contribution in [0, 0.1) is 5.41 Å². The van der Waals surface area contributed by atoms with Gasteiger partial charge in [0.25, 0.3) is 0 Å². The summed E-state index contributed by atoms with van der Waals surface area (Å²) in [5.74, 6) is 0.421. The lowest BCUT2D eigenvalue weighted by molar-refractivity contribution is -0.0777. The van der Waals surface area contributed by atoms with E-state index in [4.69, 9.17) is 0 Å². The highest BCUT2D eigenvalue weighted by Gasteiger charge is 2.50. The minimum absolute atomic E-state index is 0.00452. The van der Waals surface area contributed by atoms with Crippen LogP contribution in [0.1, 0.15) is 38.2 Å². The maximum Gasteiger partial charge on any atom is 0.0645 e. The number of rotatable bonds is 3. The molecule has 0 radical (unpaired) electrons. The third kappa shape index (κ3) is 1.89. The molecule has 3 heteroatoms. The van der Waals surface area contributed by atoms with Gasteiger partial charge in [-0.1, -0.05) is 32.0 Å². The zero-order valence-corrected chi connectivity index (χ0v) is 11.5. The monoisotopic (exact) mass is 256 g/mol. The third-order valence-corrected chi connectivity index (χ3v) is 4.80. The topological polar surface area (TPSA) is 38.1 Å². The lowest BCUT2D eigenvalue weighted by atomic mass is 9.56. The van der Waals surface area contributed by atoms with E-state index in [9.17, 15) is 5.11 Å². The first kappa shape index (κ1) is 12.4. The van der Waals surface area contributed by atoms with Gasteiger partial charge in [-0.25, -0.2) is 4.68 Å². The van der Waals surface area contributed by atoms with Crippen LogP contribution in [-0.4, -0.2) is 21.0 Å². The van der Waals surface area contributed by atoms with Crippen LogP contribution >= 0.6 is 0 Å². The Morgan fingerprint density at radius 1 is 1.37 bits per heavy atom. The Morgan fingerprint density at radius 2 is 2.11 bits per heavy atom. The number of aromatic nitrogens is 2. The smallest absolute Gasteiger partial charge is 0.0645 e. The fraction of sp³-hybridized carbons (Fsp3) is 0.438. The first-order chi connectivity index (χ1) is 9.15. The normalized spacial score (nSPS) is 30.1. The standard InChI is InChI=1S/C16H20N2O/c1-3-16(2)14(9-15(16)19)12-10-17-18(11-12)13-7-5-4-6-8-13/h4-8,10-11,14-15,19H,3,9H2,1-2H3. The molecule has 19 heavy (non-hydrogen) atoms. The molecule has 100 valence electrons. The lowest BCUT2D eigenvalue weighted by Gasteiger charge is -2.51. The van der Waals surface area contributed by atoms with Gasteiger partial charge < -0.3 is 5.11 Å². The van der Waals surface area contributed by atoms with Gasteiger partial charge in [-0.2, -0.15) is 5.10 Å². The maximum atomic E-state index is 10.00. The first-order valence-electron chi connectivity index (χ1n) is 6.93. The van der Waals surface area contributed by atoms with Crippen LogP contribution in [0.5, 0.6) is 0 Å². The first-order valence-corrected chi connectivity index (χ1v) is 6.93. The zero-order chi connectivity index (χ0) is 13.5. The van der Waals surface area contributed by atoms with E-state index in [1.165, 1.54) is 5.56 Å². The molecule has 0 saturated heterocycles. The summed E-state index contributed by atoms with van der Waals surface area (Å²) in [6.07, 6.45) is 5.71. The third-order valence-electron chi connectivity index (χ3n) is 4.80. The van der Waals surface area contributed by atoms with Crippen LogP contribution in [0.4, 0.5) is 0 Å². The van der Waals surface area contributed by atoms with Gasteiger partial charge in [-0.15, -0.1) is 0 Å². The van der Waals surface area contributed by atoms with Crippen LogP contribution in [0.2, 0.25) is 0 Å². The molecule has 2 aromatic rings. The summed E-state index contributed by atoms with van der Waals surface area (Å²) in [4.78, 5) is 0. The van der Waals surface area contributed by atoms with Crippen molar-refractivity contribution in [3.8, 4) is 5.69 Å². The summed E-state index contributed by atoms with van der Waals surface area (Å²) in [7, 11) is 0. The highest BCUT2D eigenvalue weighted by atomic mass is 16.3. The molecule has 1 aromatic carbocycles. The van der Waals surface area contributed by atoms with Crippen molar-refractivity contribution in [2.75, 3.05) is 0 Å². The second-order valence-electron chi connectivity index (χ2n) is 5.72. The van der Waals surface area contributed by atoms with Gasteiger partial charge >= 0.3 is 0 Å². The van der Waals surface area contributed by atoms with Crippen molar-refractivity contribution in [1.29, 1.82) is 0 Å². The van der Waals surface area contributed by atoms with E-state index in [0.29, 0.717) is 5.92 Å². The minimum atomic E-state index is -0.178. The van der Waals surface area contributed by atoms with E-state index < -0.39 is 0 Å². The number of hydrogen-bond acceptors (Lipinski definition) is 2. The van der Waals surface area contributed by atoms with E-state index in [1.807, 2.05) is 41.2 Å². The van der Waals surface area contributed by atoms with Gasteiger partial charge in [0.1, 0.15) is 0 Å². The molecular formula is C16H20N2O. The van der Waals surface area contributed by atoms with Crippen LogP contribution in [0.3, 0.4) is 0 Å². The second-order valence-corrected chi connectivity index (χ2v) is 5.72. The molecule has 1 aliphatic rings. The molecule has 0 amide bonds. The number of nitrogens with zero attached hydrogens (tertiary/aromatic N) is 2. The largest absolute Gasteiger partial charge is 0.393 e. The highest BCUT2D eigenvalue weighted by molar-refractivity contribution is 5.32. The van der Waals surface area contributed by atoms with Crippen molar-refractivity contribution in [2.24, 2.45) is 5.41 Å². The average molecular weight is 256 g/mol. The Labute approximate surface area is 113 Å². The van der Waals surface area contributed by atoms with Gasteiger partial charge in [0.15, 0.2) is 0 Å². The predicted octanol–water partition coefficient (Wildman–Crippen LogP) is 3.14. The molecule has 1 saturated carbocycles. The maximum absolute atomic E-state index is 10.00. The van der Waals surface area contributed by atoms with Gasteiger partial charge in [-0.05, 0) is 36.5 Å². The Morgan fingerprint density at radius 3 is 2.74 bits per heavy atom. The van der Waals surface area contributed by atoms with Gasteiger partial charge in [0.05, 0.1) is 18.0 Å². The average Bonchev–Trinajstić information content (AvgIpc) is 2.93. The van der Waals surface area contributed by atoms with Gasteiger partial charge in [0, 0.05) is 11.6 Å².